The molecule has 0 saturated carbocycles. The highest BCUT2D eigenvalue weighted by molar-refractivity contribution is 8.15. The van der Waals surface area contributed by atoms with Crippen molar-refractivity contribution in [2.24, 2.45) is 4.99 Å². The van der Waals surface area contributed by atoms with Crippen LogP contribution in [0, 0.1) is 0 Å². The Balaban J connectivity index is 1.12. The lowest BCUT2D eigenvalue weighted by Crippen LogP contribution is -2.49. The van der Waals surface area contributed by atoms with Gasteiger partial charge in [-0.2, -0.15) is 0 Å². The first-order valence-electron chi connectivity index (χ1n) is 10.7. The summed E-state index contributed by atoms with van der Waals surface area (Å²) in [6, 6.07) is 13.5. The van der Waals surface area contributed by atoms with Crippen molar-refractivity contribution < 1.29 is 13.2 Å². The monoisotopic (exact) mass is 471 g/mol. The number of hydrogen-bond acceptors (Lipinski definition) is 8. The van der Waals surface area contributed by atoms with E-state index < -0.39 is 9.84 Å². The van der Waals surface area contributed by atoms with Crippen LogP contribution in [0.3, 0.4) is 0 Å². The van der Waals surface area contributed by atoms with Crippen molar-refractivity contribution in [3.63, 3.8) is 0 Å². The van der Waals surface area contributed by atoms with Crippen molar-refractivity contribution in [3.05, 3.63) is 54.2 Å². The third kappa shape index (κ3) is 4.75. The minimum Gasteiger partial charge on any atom is -0.353 e. The van der Waals surface area contributed by atoms with Crippen LogP contribution in [0.25, 0.3) is 0 Å². The summed E-state index contributed by atoms with van der Waals surface area (Å²) in [4.78, 5) is 25.8. The molecule has 0 spiro atoms. The molecular weight excluding hydrogens is 446 g/mol. The summed E-state index contributed by atoms with van der Waals surface area (Å²) in [6.07, 6.45) is 2.17. The van der Waals surface area contributed by atoms with Crippen molar-refractivity contribution in [1.82, 2.24) is 9.88 Å². The third-order valence-electron chi connectivity index (χ3n) is 5.98. The van der Waals surface area contributed by atoms with Crippen LogP contribution < -0.4 is 10.2 Å². The predicted molar refractivity (Wildman–Crippen MR) is 128 cm³/mol. The molecule has 4 heterocycles. The fourth-order valence-corrected chi connectivity index (χ4v) is 7.93. The number of aromatic nitrogens is 1. The highest BCUT2D eigenvalue weighted by Gasteiger charge is 2.42. The number of nitrogens with zero attached hydrogens (tertiary/aromatic N) is 4. The fourth-order valence-electron chi connectivity index (χ4n) is 4.26. The third-order valence-corrected chi connectivity index (χ3v) is 9.13. The number of fused-ring (bicyclic) bond motifs is 1. The molecule has 3 aliphatic rings. The number of hydrogen-bond donors (Lipinski definition) is 1. The maximum absolute atomic E-state index is 12.7. The van der Waals surface area contributed by atoms with Crippen molar-refractivity contribution in [2.45, 2.75) is 17.7 Å². The van der Waals surface area contributed by atoms with Gasteiger partial charge in [0, 0.05) is 43.3 Å². The summed E-state index contributed by atoms with van der Waals surface area (Å²) < 4.78 is 23.4. The molecule has 1 aromatic heterocycles. The standard InChI is InChI=1S/C22H25N5O3S2/c28-21(27-11-9-26(10-12-27)20-3-1-2-8-23-20)13-16-4-6-17(7-5-16)24-22-25-18-14-32(29,30)15-19(18)31-22/h1-8,18-19H,9-15H2,(H,24,25)/t18-,19+/m0/s1. The molecule has 0 radical (unpaired) electrons. The number of aliphatic imine (C=N–C) groups is 1. The van der Waals surface area contributed by atoms with Crippen molar-refractivity contribution >= 4 is 44.2 Å². The quantitative estimate of drug-likeness (QED) is 0.725. The molecule has 2 saturated heterocycles. The van der Waals surface area contributed by atoms with Gasteiger partial charge in [0.1, 0.15) is 5.82 Å². The van der Waals surface area contributed by atoms with Crippen LogP contribution in [0.5, 0.6) is 0 Å². The number of carbonyl (C=O) groups is 1. The first-order valence-corrected chi connectivity index (χ1v) is 13.4. The zero-order valence-electron chi connectivity index (χ0n) is 17.6. The van der Waals surface area contributed by atoms with Crippen molar-refractivity contribution in [3.8, 4) is 0 Å². The number of benzene rings is 1. The minimum absolute atomic E-state index is 0.0255. The van der Waals surface area contributed by atoms with Gasteiger partial charge in [-0.1, -0.05) is 30.0 Å². The maximum atomic E-state index is 12.7. The molecule has 10 heteroatoms. The Labute approximate surface area is 192 Å². The van der Waals surface area contributed by atoms with Gasteiger partial charge in [-0.05, 0) is 29.8 Å². The van der Waals surface area contributed by atoms with Crippen molar-refractivity contribution in [1.29, 1.82) is 0 Å². The van der Waals surface area contributed by atoms with Crippen LogP contribution in [0.2, 0.25) is 0 Å². The Bertz CT molecular complexity index is 1110. The van der Waals surface area contributed by atoms with Gasteiger partial charge in [0.25, 0.3) is 0 Å². The number of anilines is 2. The summed E-state index contributed by atoms with van der Waals surface area (Å²) in [5.74, 6) is 1.44. The second kappa shape index (κ2) is 8.74. The van der Waals surface area contributed by atoms with Crippen LogP contribution in [-0.2, 0) is 21.1 Å². The molecule has 5 rings (SSSR count). The number of nitrogens with one attached hydrogen (secondary N) is 1. The van der Waals surface area contributed by atoms with E-state index in [9.17, 15) is 13.2 Å². The molecule has 0 unspecified atom stereocenters. The number of sulfone groups is 1. The lowest BCUT2D eigenvalue weighted by Gasteiger charge is -2.35. The molecular formula is C22H25N5O3S2. The Kier molecular flexibility index (Phi) is 5.81. The molecule has 168 valence electrons. The average molecular weight is 472 g/mol. The normalized spacial score (nSPS) is 24.2. The van der Waals surface area contributed by atoms with Crippen LogP contribution in [0.4, 0.5) is 11.5 Å². The van der Waals surface area contributed by atoms with E-state index in [0.717, 1.165) is 35.3 Å². The molecule has 2 fully saturated rings. The van der Waals surface area contributed by atoms with Crippen LogP contribution in [-0.4, -0.2) is 78.4 Å². The second-order valence-corrected chi connectivity index (χ2v) is 11.7. The molecule has 0 bridgehead atoms. The van der Waals surface area contributed by atoms with E-state index in [4.69, 9.17) is 0 Å². The lowest BCUT2D eigenvalue weighted by atomic mass is 10.1. The average Bonchev–Trinajstić information content (AvgIpc) is 3.28. The Hall–Kier alpha value is -2.59. The summed E-state index contributed by atoms with van der Waals surface area (Å²) in [5.41, 5.74) is 1.86. The molecule has 32 heavy (non-hydrogen) atoms. The Morgan fingerprint density at radius 2 is 1.84 bits per heavy atom. The van der Waals surface area contributed by atoms with Gasteiger partial charge in [0.15, 0.2) is 15.0 Å². The largest absolute Gasteiger partial charge is 0.353 e. The number of thioether (sulfide) groups is 1. The Morgan fingerprint density at radius 1 is 1.06 bits per heavy atom. The van der Waals surface area contributed by atoms with Gasteiger partial charge >= 0.3 is 0 Å². The van der Waals surface area contributed by atoms with Gasteiger partial charge < -0.3 is 15.1 Å². The number of pyridine rings is 1. The van der Waals surface area contributed by atoms with E-state index in [-0.39, 0.29) is 28.7 Å². The van der Waals surface area contributed by atoms with Crippen LogP contribution >= 0.6 is 11.8 Å². The summed E-state index contributed by atoms with van der Waals surface area (Å²) >= 11 is 1.50. The van der Waals surface area contributed by atoms with Gasteiger partial charge in [0.05, 0.1) is 24.0 Å². The molecule has 8 nitrogen and oxygen atoms in total. The molecule has 2 aromatic rings. The topological polar surface area (TPSA) is 95.0 Å². The number of carbonyl (C=O) groups excluding carboxylic acids is 1. The zero-order chi connectivity index (χ0) is 22.1. The van der Waals surface area contributed by atoms with Crippen molar-refractivity contribution in [2.75, 3.05) is 47.9 Å². The minimum atomic E-state index is -2.94. The van der Waals surface area contributed by atoms with Crippen LogP contribution in [0.1, 0.15) is 5.56 Å². The first-order chi connectivity index (χ1) is 15.4. The molecule has 0 aliphatic carbocycles. The van der Waals surface area contributed by atoms with E-state index in [2.05, 4.69) is 20.2 Å². The molecule has 1 aromatic carbocycles. The van der Waals surface area contributed by atoms with E-state index >= 15 is 0 Å². The summed E-state index contributed by atoms with van der Waals surface area (Å²) in [7, 11) is -2.94. The first kappa shape index (κ1) is 21.3. The van der Waals surface area contributed by atoms with E-state index in [1.807, 2.05) is 47.4 Å². The highest BCUT2D eigenvalue weighted by atomic mass is 32.2. The summed E-state index contributed by atoms with van der Waals surface area (Å²) in [5, 5.41) is 4.07. The van der Waals surface area contributed by atoms with E-state index in [0.29, 0.717) is 19.5 Å². The smallest absolute Gasteiger partial charge is 0.227 e. The van der Waals surface area contributed by atoms with Crippen LogP contribution in [0.15, 0.2) is 53.7 Å². The Morgan fingerprint density at radius 3 is 2.53 bits per heavy atom. The number of piperazine rings is 1. The maximum Gasteiger partial charge on any atom is 0.227 e. The number of amides is 1. The van der Waals surface area contributed by atoms with E-state index in [1.54, 1.807) is 6.20 Å². The van der Waals surface area contributed by atoms with E-state index in [1.165, 1.54) is 11.8 Å². The summed E-state index contributed by atoms with van der Waals surface area (Å²) in [6.45, 7) is 2.97. The number of rotatable bonds is 4. The lowest BCUT2D eigenvalue weighted by molar-refractivity contribution is -0.130. The zero-order valence-corrected chi connectivity index (χ0v) is 19.2. The van der Waals surface area contributed by atoms with Gasteiger partial charge in [-0.3, -0.25) is 9.79 Å². The SMILES string of the molecule is O=C(Cc1ccc(NC2=N[C@H]3CS(=O)(=O)C[C@H]3S2)cc1)N1CCN(c2ccccn2)CC1. The number of amidine groups is 1. The van der Waals surface area contributed by atoms with Gasteiger partial charge in [-0.25, -0.2) is 13.4 Å². The fraction of sp³-hybridized carbons (Fsp3) is 0.409. The predicted octanol–water partition coefficient (Wildman–Crippen LogP) is 1.65. The highest BCUT2D eigenvalue weighted by Crippen LogP contribution is 2.34. The molecule has 2 atom stereocenters. The van der Waals surface area contributed by atoms with Gasteiger partial charge in [-0.15, -0.1) is 0 Å². The van der Waals surface area contributed by atoms with Gasteiger partial charge in [0.2, 0.25) is 5.91 Å². The molecule has 3 aliphatic heterocycles. The molecule has 1 N–H and O–H groups in total. The second-order valence-electron chi connectivity index (χ2n) is 8.29. The molecule has 1 amide bonds.